The highest BCUT2D eigenvalue weighted by molar-refractivity contribution is 6.05. The lowest BCUT2D eigenvalue weighted by molar-refractivity contribution is -0.119. The average molecular weight is 501 g/mol. The molecular weight excluding hydrogens is 468 g/mol. The van der Waals surface area contributed by atoms with E-state index in [1.807, 2.05) is 79.5 Å². The number of fused-ring (bicyclic) bond motifs is 1. The molecular formula is C29H32N4O4. The van der Waals surface area contributed by atoms with Crippen molar-refractivity contribution in [1.29, 1.82) is 0 Å². The smallest absolute Gasteiger partial charge is 0.254 e. The number of hydrogen-bond donors (Lipinski definition) is 1. The van der Waals surface area contributed by atoms with Crippen LogP contribution in [0.2, 0.25) is 0 Å². The molecule has 3 aromatic rings. The fourth-order valence-electron chi connectivity index (χ4n) is 4.82. The van der Waals surface area contributed by atoms with Gasteiger partial charge in [-0.25, -0.2) is 0 Å². The predicted octanol–water partition coefficient (Wildman–Crippen LogP) is 4.28. The largest absolute Gasteiger partial charge is 0.497 e. The summed E-state index contributed by atoms with van der Waals surface area (Å²) >= 11 is 0. The molecule has 2 heterocycles. The van der Waals surface area contributed by atoms with Gasteiger partial charge in [-0.15, -0.1) is 0 Å². The number of nitrogens with one attached hydrogen (secondary N) is 1. The van der Waals surface area contributed by atoms with Crippen LogP contribution in [0.25, 0.3) is 0 Å². The Kier molecular flexibility index (Phi) is 7.01. The van der Waals surface area contributed by atoms with Crippen LogP contribution in [0.4, 0.5) is 22.7 Å². The normalized spacial score (nSPS) is 17.4. The van der Waals surface area contributed by atoms with Crippen molar-refractivity contribution in [1.82, 2.24) is 4.90 Å². The quantitative estimate of drug-likeness (QED) is 0.545. The van der Waals surface area contributed by atoms with Crippen LogP contribution >= 0.6 is 0 Å². The van der Waals surface area contributed by atoms with Crippen LogP contribution in [0.15, 0.2) is 66.7 Å². The van der Waals surface area contributed by atoms with Gasteiger partial charge >= 0.3 is 0 Å². The highest BCUT2D eigenvalue weighted by Gasteiger charge is 2.33. The van der Waals surface area contributed by atoms with Gasteiger partial charge in [-0.05, 0) is 67.1 Å². The summed E-state index contributed by atoms with van der Waals surface area (Å²) in [5.41, 5.74) is 5.39. The maximum Gasteiger partial charge on any atom is 0.254 e. The summed E-state index contributed by atoms with van der Waals surface area (Å²) in [6.45, 7) is 4.94. The van der Waals surface area contributed by atoms with Crippen LogP contribution in [-0.4, -0.2) is 63.2 Å². The van der Waals surface area contributed by atoms with E-state index in [0.717, 1.165) is 34.1 Å². The molecule has 0 spiro atoms. The van der Waals surface area contributed by atoms with Gasteiger partial charge in [0.2, 0.25) is 5.91 Å². The number of morpholine rings is 1. The van der Waals surface area contributed by atoms with Crippen molar-refractivity contribution in [3.63, 3.8) is 0 Å². The number of amides is 2. The lowest BCUT2D eigenvalue weighted by Gasteiger charge is -2.40. The third-order valence-corrected chi connectivity index (χ3v) is 7.03. The first-order chi connectivity index (χ1) is 17.9. The fraction of sp³-hybridized carbons (Fsp3) is 0.310. The molecule has 0 saturated carbocycles. The molecule has 0 aromatic heterocycles. The summed E-state index contributed by atoms with van der Waals surface area (Å²) in [5.74, 6) is 0.887. The zero-order chi connectivity index (χ0) is 25.9. The van der Waals surface area contributed by atoms with Crippen LogP contribution in [0, 0.1) is 0 Å². The Morgan fingerprint density at radius 1 is 0.973 bits per heavy atom. The molecule has 1 N–H and O–H groups in total. The van der Waals surface area contributed by atoms with Crippen LogP contribution in [0.3, 0.4) is 0 Å². The molecule has 0 unspecified atom stereocenters. The Balaban J connectivity index is 1.36. The Bertz CT molecular complexity index is 1270. The molecule has 3 aromatic carbocycles. The van der Waals surface area contributed by atoms with Crippen molar-refractivity contribution in [2.45, 2.75) is 19.5 Å². The van der Waals surface area contributed by atoms with E-state index in [0.29, 0.717) is 38.4 Å². The van der Waals surface area contributed by atoms with Crippen LogP contribution in [0.1, 0.15) is 22.8 Å². The molecule has 2 aliphatic heterocycles. The molecule has 0 bridgehead atoms. The summed E-state index contributed by atoms with van der Waals surface area (Å²) in [7, 11) is 3.47. The van der Waals surface area contributed by atoms with Gasteiger partial charge < -0.3 is 29.5 Å². The van der Waals surface area contributed by atoms with E-state index in [2.05, 4.69) is 16.3 Å². The van der Waals surface area contributed by atoms with E-state index in [4.69, 9.17) is 9.47 Å². The Hall–Kier alpha value is -4.04. The molecule has 2 aliphatic rings. The van der Waals surface area contributed by atoms with Crippen molar-refractivity contribution in [2.75, 3.05) is 55.6 Å². The van der Waals surface area contributed by atoms with Crippen LogP contribution in [0.5, 0.6) is 5.75 Å². The van der Waals surface area contributed by atoms with E-state index in [1.54, 1.807) is 12.0 Å². The SMILES string of the molecule is COc1ccc(CN2c3cc(Nc4ccc(C(=O)N5CCOCC5)cc4)ccc3N(C)C(=O)[C@H]2C)cc1. The van der Waals surface area contributed by atoms with Gasteiger partial charge in [0.25, 0.3) is 5.91 Å². The summed E-state index contributed by atoms with van der Waals surface area (Å²) in [5, 5.41) is 3.45. The third kappa shape index (κ3) is 5.11. The zero-order valence-corrected chi connectivity index (χ0v) is 21.4. The minimum atomic E-state index is -0.305. The summed E-state index contributed by atoms with van der Waals surface area (Å²) in [6.07, 6.45) is 0. The number of carbonyl (C=O) groups is 2. The standard InChI is InChI=1S/C29H32N4O4/c1-20-28(34)31(2)26-13-10-24(18-27(26)33(20)19-21-4-11-25(36-3)12-5-21)30-23-8-6-22(7-9-23)29(35)32-14-16-37-17-15-32/h4-13,18,20,30H,14-17,19H2,1-3H3/t20-/m1/s1. The second-order valence-corrected chi connectivity index (χ2v) is 9.36. The molecule has 8 heteroatoms. The van der Waals surface area contributed by atoms with Gasteiger partial charge in [0, 0.05) is 43.6 Å². The summed E-state index contributed by atoms with van der Waals surface area (Å²) < 4.78 is 10.6. The molecule has 2 amide bonds. The molecule has 1 fully saturated rings. The van der Waals surface area contributed by atoms with Crippen molar-refractivity contribution in [2.24, 2.45) is 0 Å². The Morgan fingerprint density at radius 2 is 1.65 bits per heavy atom. The minimum Gasteiger partial charge on any atom is -0.497 e. The molecule has 1 saturated heterocycles. The van der Waals surface area contributed by atoms with Gasteiger partial charge in [0.1, 0.15) is 11.8 Å². The highest BCUT2D eigenvalue weighted by atomic mass is 16.5. The maximum absolute atomic E-state index is 13.0. The number of hydrogen-bond acceptors (Lipinski definition) is 6. The van der Waals surface area contributed by atoms with E-state index < -0.39 is 0 Å². The summed E-state index contributed by atoms with van der Waals surface area (Å²) in [4.78, 5) is 31.4. The summed E-state index contributed by atoms with van der Waals surface area (Å²) in [6, 6.07) is 21.2. The van der Waals surface area contributed by atoms with E-state index >= 15 is 0 Å². The van der Waals surface area contributed by atoms with Crippen LogP contribution < -0.4 is 19.9 Å². The van der Waals surface area contributed by atoms with E-state index in [1.165, 1.54) is 0 Å². The highest BCUT2D eigenvalue weighted by Crippen LogP contribution is 2.39. The lowest BCUT2D eigenvalue weighted by Crippen LogP contribution is -2.50. The number of carbonyl (C=O) groups excluding carboxylic acids is 2. The molecule has 37 heavy (non-hydrogen) atoms. The van der Waals surface area contributed by atoms with E-state index in [-0.39, 0.29) is 17.9 Å². The predicted molar refractivity (Wildman–Crippen MR) is 145 cm³/mol. The van der Waals surface area contributed by atoms with E-state index in [9.17, 15) is 9.59 Å². The minimum absolute atomic E-state index is 0.0273. The lowest BCUT2D eigenvalue weighted by atomic mass is 10.0. The van der Waals surface area contributed by atoms with Crippen LogP contribution in [-0.2, 0) is 16.1 Å². The number of nitrogens with zero attached hydrogens (tertiary/aromatic N) is 3. The molecule has 1 atom stereocenters. The molecule has 5 rings (SSSR count). The fourth-order valence-corrected chi connectivity index (χ4v) is 4.82. The number of ether oxygens (including phenoxy) is 2. The number of methoxy groups -OCH3 is 1. The molecule has 0 aliphatic carbocycles. The van der Waals surface area contributed by atoms with Gasteiger partial charge in [0.05, 0.1) is 31.7 Å². The second-order valence-electron chi connectivity index (χ2n) is 9.36. The average Bonchev–Trinajstić information content (AvgIpc) is 2.95. The zero-order valence-electron chi connectivity index (χ0n) is 21.4. The Morgan fingerprint density at radius 3 is 2.32 bits per heavy atom. The first kappa shape index (κ1) is 24.6. The molecule has 8 nitrogen and oxygen atoms in total. The van der Waals surface area contributed by atoms with Gasteiger partial charge in [-0.1, -0.05) is 12.1 Å². The maximum atomic E-state index is 13.0. The van der Waals surface area contributed by atoms with Crippen molar-refractivity contribution in [3.8, 4) is 5.75 Å². The molecule has 0 radical (unpaired) electrons. The number of likely N-dealkylation sites (N-methyl/N-ethyl adjacent to an activating group) is 1. The first-order valence-electron chi connectivity index (χ1n) is 12.5. The second kappa shape index (κ2) is 10.5. The van der Waals surface area contributed by atoms with Crippen molar-refractivity contribution < 1.29 is 19.1 Å². The number of anilines is 4. The monoisotopic (exact) mass is 500 g/mol. The van der Waals surface area contributed by atoms with Crippen molar-refractivity contribution >= 4 is 34.6 Å². The number of rotatable bonds is 6. The van der Waals surface area contributed by atoms with Gasteiger partial charge in [-0.3, -0.25) is 9.59 Å². The third-order valence-electron chi connectivity index (χ3n) is 7.03. The van der Waals surface area contributed by atoms with Crippen molar-refractivity contribution in [3.05, 3.63) is 77.9 Å². The topological polar surface area (TPSA) is 74.4 Å². The number of benzene rings is 3. The molecule has 192 valence electrons. The Labute approximate surface area is 217 Å². The van der Waals surface area contributed by atoms with Gasteiger partial charge in [-0.2, -0.15) is 0 Å². The first-order valence-corrected chi connectivity index (χ1v) is 12.5. The van der Waals surface area contributed by atoms with Gasteiger partial charge in [0.15, 0.2) is 0 Å².